The van der Waals surface area contributed by atoms with Crippen LogP contribution < -0.4 is 4.74 Å². The number of alkyl halides is 3. The Kier molecular flexibility index (Phi) is 3.55. The third-order valence-corrected chi connectivity index (χ3v) is 2.25. The number of rotatable bonds is 3. The molecule has 1 aromatic carbocycles. The molecule has 0 atom stereocenters. The van der Waals surface area contributed by atoms with Gasteiger partial charge in [-0.1, -0.05) is 12.1 Å². The molecule has 0 saturated heterocycles. The van der Waals surface area contributed by atoms with E-state index in [1.54, 1.807) is 0 Å². The summed E-state index contributed by atoms with van der Waals surface area (Å²) in [6.07, 6.45) is -2.73. The van der Waals surface area contributed by atoms with Crippen LogP contribution in [0, 0.1) is 0 Å². The number of aromatic nitrogens is 2. The number of carboxylic acid groups (broad SMARTS) is 1. The second kappa shape index (κ2) is 5.16. The Hall–Kier alpha value is -2.64. The topological polar surface area (TPSA) is 72.3 Å². The summed E-state index contributed by atoms with van der Waals surface area (Å²) >= 11 is 0. The summed E-state index contributed by atoms with van der Waals surface area (Å²) in [5, 5.41) is 8.62. The van der Waals surface area contributed by atoms with Crippen LogP contribution >= 0.6 is 0 Å². The highest BCUT2D eigenvalue weighted by Crippen LogP contribution is 2.37. The smallest absolute Gasteiger partial charge is 0.419 e. The molecular weight excluding hydrogens is 277 g/mol. The number of carbonyl (C=O) groups is 1. The monoisotopic (exact) mass is 284 g/mol. The SMILES string of the molecule is O=C(O)c1cnc(Oc2ccccc2C(F)(F)F)cn1. The van der Waals surface area contributed by atoms with E-state index in [2.05, 4.69) is 9.97 Å². The first-order chi connectivity index (χ1) is 9.38. The minimum absolute atomic E-state index is 0.230. The molecular formula is C12H7F3N2O3. The molecule has 0 unspecified atom stereocenters. The maximum Gasteiger partial charge on any atom is 0.419 e. The van der Waals surface area contributed by atoms with E-state index in [4.69, 9.17) is 9.84 Å². The van der Waals surface area contributed by atoms with Crippen molar-refractivity contribution in [1.29, 1.82) is 0 Å². The number of carboxylic acids is 1. The fourth-order valence-corrected chi connectivity index (χ4v) is 1.38. The molecule has 1 heterocycles. The predicted molar refractivity (Wildman–Crippen MR) is 60.5 cm³/mol. The Bertz CT molecular complexity index is 627. The molecule has 0 amide bonds. The van der Waals surface area contributed by atoms with Gasteiger partial charge in [-0.25, -0.2) is 14.8 Å². The number of aromatic carboxylic acids is 1. The zero-order chi connectivity index (χ0) is 14.8. The van der Waals surface area contributed by atoms with Crippen molar-refractivity contribution in [3.63, 3.8) is 0 Å². The average molecular weight is 284 g/mol. The first-order valence-electron chi connectivity index (χ1n) is 5.27. The zero-order valence-corrected chi connectivity index (χ0v) is 9.76. The lowest BCUT2D eigenvalue weighted by molar-refractivity contribution is -0.138. The highest BCUT2D eigenvalue weighted by atomic mass is 19.4. The number of halogens is 3. The molecule has 0 fully saturated rings. The molecule has 20 heavy (non-hydrogen) atoms. The third kappa shape index (κ3) is 3.02. The molecule has 0 bridgehead atoms. The Balaban J connectivity index is 2.28. The van der Waals surface area contributed by atoms with Crippen molar-refractivity contribution in [2.24, 2.45) is 0 Å². The van der Waals surface area contributed by atoms with Gasteiger partial charge in [0.1, 0.15) is 5.75 Å². The maximum atomic E-state index is 12.7. The number of para-hydroxylation sites is 1. The van der Waals surface area contributed by atoms with Crippen LogP contribution in [0.4, 0.5) is 13.2 Å². The number of benzene rings is 1. The minimum atomic E-state index is -4.56. The highest BCUT2D eigenvalue weighted by molar-refractivity contribution is 5.84. The van der Waals surface area contributed by atoms with E-state index >= 15 is 0 Å². The number of hydrogen-bond acceptors (Lipinski definition) is 4. The molecule has 8 heteroatoms. The van der Waals surface area contributed by atoms with Crippen LogP contribution in [0.2, 0.25) is 0 Å². The molecule has 1 aromatic heterocycles. The van der Waals surface area contributed by atoms with Crippen LogP contribution in [0.15, 0.2) is 36.7 Å². The van der Waals surface area contributed by atoms with Gasteiger partial charge in [0.25, 0.3) is 0 Å². The normalized spacial score (nSPS) is 11.2. The lowest BCUT2D eigenvalue weighted by Gasteiger charge is -2.12. The summed E-state index contributed by atoms with van der Waals surface area (Å²) in [6.45, 7) is 0. The summed E-state index contributed by atoms with van der Waals surface area (Å²) in [7, 11) is 0. The summed E-state index contributed by atoms with van der Waals surface area (Å²) in [4.78, 5) is 17.6. The van der Waals surface area contributed by atoms with Gasteiger partial charge in [0, 0.05) is 0 Å². The van der Waals surface area contributed by atoms with Crippen molar-refractivity contribution in [1.82, 2.24) is 9.97 Å². The molecule has 5 nitrogen and oxygen atoms in total. The van der Waals surface area contributed by atoms with Crippen LogP contribution in [0.3, 0.4) is 0 Å². The Morgan fingerprint density at radius 2 is 1.85 bits per heavy atom. The van der Waals surface area contributed by atoms with Gasteiger partial charge in [-0.2, -0.15) is 13.2 Å². The van der Waals surface area contributed by atoms with Crippen LogP contribution in [0.1, 0.15) is 16.1 Å². The van der Waals surface area contributed by atoms with E-state index < -0.39 is 23.5 Å². The molecule has 0 aliphatic rings. The largest absolute Gasteiger partial charge is 0.476 e. The van der Waals surface area contributed by atoms with Crippen molar-refractivity contribution in [2.45, 2.75) is 6.18 Å². The molecule has 0 saturated carbocycles. The van der Waals surface area contributed by atoms with E-state index in [1.165, 1.54) is 12.1 Å². The maximum absolute atomic E-state index is 12.7. The Morgan fingerprint density at radius 1 is 1.15 bits per heavy atom. The quantitative estimate of drug-likeness (QED) is 0.938. The number of ether oxygens (including phenoxy) is 1. The fourth-order valence-electron chi connectivity index (χ4n) is 1.38. The molecule has 104 valence electrons. The summed E-state index contributed by atoms with van der Waals surface area (Å²) in [5.74, 6) is -1.95. The second-order valence-electron chi connectivity index (χ2n) is 3.64. The van der Waals surface area contributed by atoms with Gasteiger partial charge in [-0.3, -0.25) is 0 Å². The van der Waals surface area contributed by atoms with E-state index in [1.807, 2.05) is 0 Å². The van der Waals surface area contributed by atoms with Crippen molar-refractivity contribution in [2.75, 3.05) is 0 Å². The third-order valence-electron chi connectivity index (χ3n) is 2.25. The van der Waals surface area contributed by atoms with Gasteiger partial charge in [-0.15, -0.1) is 0 Å². The lowest BCUT2D eigenvalue weighted by atomic mass is 10.2. The summed E-state index contributed by atoms with van der Waals surface area (Å²) in [6, 6.07) is 4.61. The molecule has 0 spiro atoms. The van der Waals surface area contributed by atoms with Gasteiger partial charge in [0.05, 0.1) is 18.0 Å². The van der Waals surface area contributed by atoms with E-state index in [0.717, 1.165) is 24.5 Å². The lowest BCUT2D eigenvalue weighted by Crippen LogP contribution is -2.07. The second-order valence-corrected chi connectivity index (χ2v) is 3.64. The van der Waals surface area contributed by atoms with Crippen LogP contribution in [0.5, 0.6) is 11.6 Å². The van der Waals surface area contributed by atoms with Crippen LogP contribution in [-0.4, -0.2) is 21.0 Å². The van der Waals surface area contributed by atoms with E-state index in [9.17, 15) is 18.0 Å². The van der Waals surface area contributed by atoms with Gasteiger partial charge in [0.15, 0.2) is 5.69 Å². The van der Waals surface area contributed by atoms with Crippen molar-refractivity contribution < 1.29 is 27.8 Å². The van der Waals surface area contributed by atoms with E-state index in [-0.39, 0.29) is 11.6 Å². The molecule has 2 rings (SSSR count). The minimum Gasteiger partial charge on any atom is -0.476 e. The first-order valence-corrected chi connectivity index (χ1v) is 5.27. The summed E-state index contributed by atoms with van der Waals surface area (Å²) < 4.78 is 43.2. The Labute approximate surface area is 110 Å². The van der Waals surface area contributed by atoms with Gasteiger partial charge in [0.2, 0.25) is 5.88 Å². The Morgan fingerprint density at radius 3 is 2.40 bits per heavy atom. The highest BCUT2D eigenvalue weighted by Gasteiger charge is 2.34. The van der Waals surface area contributed by atoms with E-state index in [0.29, 0.717) is 0 Å². The van der Waals surface area contributed by atoms with Gasteiger partial charge >= 0.3 is 12.1 Å². The zero-order valence-electron chi connectivity index (χ0n) is 9.76. The fraction of sp³-hybridized carbons (Fsp3) is 0.0833. The van der Waals surface area contributed by atoms with Gasteiger partial charge in [-0.05, 0) is 12.1 Å². The van der Waals surface area contributed by atoms with Crippen molar-refractivity contribution in [3.8, 4) is 11.6 Å². The van der Waals surface area contributed by atoms with Gasteiger partial charge < -0.3 is 9.84 Å². The van der Waals surface area contributed by atoms with Crippen LogP contribution in [-0.2, 0) is 6.18 Å². The summed E-state index contributed by atoms with van der Waals surface area (Å²) in [5.41, 5.74) is -1.29. The molecule has 0 aliphatic heterocycles. The molecule has 1 N–H and O–H groups in total. The average Bonchev–Trinajstić information content (AvgIpc) is 2.38. The molecule has 0 aliphatic carbocycles. The molecule has 2 aromatic rings. The van der Waals surface area contributed by atoms with Crippen molar-refractivity contribution >= 4 is 5.97 Å². The predicted octanol–water partition coefficient (Wildman–Crippen LogP) is 2.99. The standard InChI is InChI=1S/C12H7F3N2O3/c13-12(14,15)7-3-1-2-4-9(7)20-10-6-16-8(5-17-10)11(18)19/h1-6H,(H,18,19). The number of nitrogens with zero attached hydrogens (tertiary/aromatic N) is 2. The first kappa shape index (κ1) is 13.8. The molecule has 0 radical (unpaired) electrons. The van der Waals surface area contributed by atoms with Crippen LogP contribution in [0.25, 0.3) is 0 Å². The number of hydrogen-bond donors (Lipinski definition) is 1. The van der Waals surface area contributed by atoms with Crippen molar-refractivity contribution in [3.05, 3.63) is 47.9 Å².